The highest BCUT2D eigenvalue weighted by Crippen LogP contribution is 2.32. The Morgan fingerprint density at radius 1 is 1.00 bits per heavy atom. The maximum absolute atomic E-state index is 5.72. The van der Waals surface area contributed by atoms with Gasteiger partial charge in [0.2, 0.25) is 0 Å². The summed E-state index contributed by atoms with van der Waals surface area (Å²) in [5.74, 6) is 1.92. The number of nitrogens with two attached hydrogens (primary N) is 1. The highest BCUT2D eigenvalue weighted by Gasteiger charge is 2.09. The average molecular weight is 251 g/mol. The first-order valence-corrected chi connectivity index (χ1v) is 5.94. The van der Waals surface area contributed by atoms with Crippen LogP contribution in [0, 0.1) is 0 Å². The van der Waals surface area contributed by atoms with Gasteiger partial charge in [0.05, 0.1) is 7.11 Å². The molecule has 3 rings (SSSR count). The second kappa shape index (κ2) is 4.57. The van der Waals surface area contributed by atoms with E-state index in [4.69, 9.17) is 10.5 Å². The maximum Gasteiger partial charge on any atom is 0.162 e. The fraction of sp³-hybridized carbons (Fsp3) is 0.0667. The van der Waals surface area contributed by atoms with E-state index in [0.29, 0.717) is 11.6 Å². The van der Waals surface area contributed by atoms with Crippen LogP contribution in [0.1, 0.15) is 0 Å². The first-order chi connectivity index (χ1) is 9.29. The van der Waals surface area contributed by atoms with Crippen LogP contribution in [0.4, 0.5) is 5.82 Å². The largest absolute Gasteiger partial charge is 0.496 e. The molecule has 0 aliphatic rings. The fourth-order valence-corrected chi connectivity index (χ4v) is 2.15. The quantitative estimate of drug-likeness (QED) is 0.760. The smallest absolute Gasteiger partial charge is 0.162 e. The zero-order valence-electron chi connectivity index (χ0n) is 10.5. The van der Waals surface area contributed by atoms with Gasteiger partial charge in [-0.3, -0.25) is 0 Å². The Balaban J connectivity index is 2.31. The number of aromatic nitrogens is 2. The molecule has 94 valence electrons. The summed E-state index contributed by atoms with van der Waals surface area (Å²) in [6.07, 6.45) is 1.66. The Kier molecular flexibility index (Phi) is 2.76. The number of hydrogen-bond acceptors (Lipinski definition) is 4. The summed E-state index contributed by atoms with van der Waals surface area (Å²) >= 11 is 0. The Bertz CT molecular complexity index is 740. The van der Waals surface area contributed by atoms with Crippen LogP contribution in [0.3, 0.4) is 0 Å². The van der Waals surface area contributed by atoms with Crippen molar-refractivity contribution in [2.45, 2.75) is 0 Å². The molecule has 0 amide bonds. The summed E-state index contributed by atoms with van der Waals surface area (Å²) in [6, 6.07) is 13.6. The van der Waals surface area contributed by atoms with Crippen LogP contribution in [0.2, 0.25) is 0 Å². The van der Waals surface area contributed by atoms with Gasteiger partial charge in [-0.2, -0.15) is 0 Å². The topological polar surface area (TPSA) is 61.0 Å². The molecule has 1 aromatic heterocycles. The Labute approximate surface area is 110 Å². The number of fused-ring (bicyclic) bond motifs is 1. The minimum Gasteiger partial charge on any atom is -0.496 e. The third-order valence-electron chi connectivity index (χ3n) is 3.02. The molecule has 0 saturated carbocycles. The van der Waals surface area contributed by atoms with Crippen molar-refractivity contribution < 1.29 is 4.74 Å². The molecule has 1 heterocycles. The van der Waals surface area contributed by atoms with Crippen molar-refractivity contribution >= 4 is 16.6 Å². The standard InChI is InChI=1S/C15H13N3O/c1-19-13-7-6-12(10-4-2-3-5-11(10)13)15-17-9-8-14(16)18-15/h2-9H,1H3,(H2,16,17,18). The van der Waals surface area contributed by atoms with Crippen LogP contribution < -0.4 is 10.5 Å². The maximum atomic E-state index is 5.72. The van der Waals surface area contributed by atoms with Crippen molar-refractivity contribution in [1.82, 2.24) is 9.97 Å². The van der Waals surface area contributed by atoms with Gasteiger partial charge in [0, 0.05) is 17.1 Å². The molecule has 19 heavy (non-hydrogen) atoms. The van der Waals surface area contributed by atoms with E-state index in [1.807, 2.05) is 36.4 Å². The van der Waals surface area contributed by atoms with Crippen LogP contribution in [0.5, 0.6) is 5.75 Å². The third kappa shape index (κ3) is 1.97. The van der Waals surface area contributed by atoms with Gasteiger partial charge < -0.3 is 10.5 Å². The second-order valence-electron chi connectivity index (χ2n) is 4.17. The summed E-state index contributed by atoms with van der Waals surface area (Å²) in [5, 5.41) is 2.08. The van der Waals surface area contributed by atoms with E-state index >= 15 is 0 Å². The van der Waals surface area contributed by atoms with Gasteiger partial charge in [-0.15, -0.1) is 0 Å². The molecule has 0 aliphatic carbocycles. The van der Waals surface area contributed by atoms with E-state index in [1.165, 1.54) is 0 Å². The lowest BCUT2D eigenvalue weighted by Gasteiger charge is -2.09. The zero-order valence-corrected chi connectivity index (χ0v) is 10.5. The number of anilines is 1. The van der Waals surface area contributed by atoms with Gasteiger partial charge in [-0.25, -0.2) is 9.97 Å². The molecule has 4 nitrogen and oxygen atoms in total. The number of nitrogen functional groups attached to an aromatic ring is 1. The summed E-state index contributed by atoms with van der Waals surface area (Å²) in [6.45, 7) is 0. The van der Waals surface area contributed by atoms with Gasteiger partial charge in [0.1, 0.15) is 11.6 Å². The average Bonchev–Trinajstić information content (AvgIpc) is 2.46. The second-order valence-corrected chi connectivity index (χ2v) is 4.17. The number of nitrogens with zero attached hydrogens (tertiary/aromatic N) is 2. The van der Waals surface area contributed by atoms with Gasteiger partial charge in [0.15, 0.2) is 5.82 Å². The first-order valence-electron chi connectivity index (χ1n) is 5.94. The summed E-state index contributed by atoms with van der Waals surface area (Å²) in [4.78, 5) is 8.56. The van der Waals surface area contributed by atoms with Crippen molar-refractivity contribution in [2.24, 2.45) is 0 Å². The van der Waals surface area contributed by atoms with E-state index < -0.39 is 0 Å². The normalized spacial score (nSPS) is 10.6. The number of benzene rings is 2. The molecule has 0 unspecified atom stereocenters. The molecule has 0 fully saturated rings. The van der Waals surface area contributed by atoms with Crippen LogP contribution in [0.25, 0.3) is 22.2 Å². The van der Waals surface area contributed by atoms with E-state index in [2.05, 4.69) is 9.97 Å². The van der Waals surface area contributed by atoms with Crippen LogP contribution >= 0.6 is 0 Å². The molecule has 0 spiro atoms. The Hall–Kier alpha value is -2.62. The molecule has 0 aliphatic heterocycles. The first kappa shape index (κ1) is 11.5. The van der Waals surface area contributed by atoms with E-state index in [0.717, 1.165) is 22.1 Å². The Morgan fingerprint density at radius 2 is 1.79 bits per heavy atom. The van der Waals surface area contributed by atoms with E-state index in [-0.39, 0.29) is 0 Å². The molecular formula is C15H13N3O. The minimum absolute atomic E-state index is 0.463. The van der Waals surface area contributed by atoms with Crippen LogP contribution in [-0.4, -0.2) is 17.1 Å². The molecule has 0 atom stereocenters. The van der Waals surface area contributed by atoms with Crippen molar-refractivity contribution in [3.8, 4) is 17.1 Å². The van der Waals surface area contributed by atoms with Gasteiger partial charge in [0.25, 0.3) is 0 Å². The van der Waals surface area contributed by atoms with Crippen molar-refractivity contribution in [3.05, 3.63) is 48.7 Å². The predicted molar refractivity (Wildman–Crippen MR) is 75.9 cm³/mol. The molecule has 3 aromatic rings. The van der Waals surface area contributed by atoms with Crippen LogP contribution in [0.15, 0.2) is 48.7 Å². The van der Waals surface area contributed by atoms with Gasteiger partial charge in [-0.05, 0) is 23.6 Å². The molecule has 0 saturated heterocycles. The fourth-order valence-electron chi connectivity index (χ4n) is 2.15. The molecule has 2 aromatic carbocycles. The number of methoxy groups -OCH3 is 1. The van der Waals surface area contributed by atoms with Crippen molar-refractivity contribution in [1.29, 1.82) is 0 Å². The van der Waals surface area contributed by atoms with Crippen molar-refractivity contribution in [3.63, 3.8) is 0 Å². The highest BCUT2D eigenvalue weighted by molar-refractivity contribution is 5.98. The third-order valence-corrected chi connectivity index (χ3v) is 3.02. The number of ether oxygens (including phenoxy) is 1. The van der Waals surface area contributed by atoms with Crippen LogP contribution in [-0.2, 0) is 0 Å². The Morgan fingerprint density at radius 3 is 2.53 bits per heavy atom. The number of rotatable bonds is 2. The predicted octanol–water partition coefficient (Wildman–Crippen LogP) is 2.89. The summed E-state index contributed by atoms with van der Waals surface area (Å²) in [7, 11) is 1.67. The minimum atomic E-state index is 0.463. The van der Waals surface area contributed by atoms with E-state index in [1.54, 1.807) is 19.4 Å². The SMILES string of the molecule is COc1ccc(-c2nccc(N)n2)c2ccccc12. The molecule has 4 heteroatoms. The molecular weight excluding hydrogens is 238 g/mol. The van der Waals surface area contributed by atoms with Gasteiger partial charge >= 0.3 is 0 Å². The number of hydrogen-bond donors (Lipinski definition) is 1. The lowest BCUT2D eigenvalue weighted by molar-refractivity contribution is 0.420. The van der Waals surface area contributed by atoms with Gasteiger partial charge in [-0.1, -0.05) is 24.3 Å². The lowest BCUT2D eigenvalue weighted by Crippen LogP contribution is -1.95. The molecule has 2 N–H and O–H groups in total. The molecule has 0 bridgehead atoms. The van der Waals surface area contributed by atoms with Crippen molar-refractivity contribution in [2.75, 3.05) is 12.8 Å². The molecule has 0 radical (unpaired) electrons. The summed E-state index contributed by atoms with van der Waals surface area (Å²) in [5.41, 5.74) is 6.67. The lowest BCUT2D eigenvalue weighted by atomic mass is 10.0. The highest BCUT2D eigenvalue weighted by atomic mass is 16.5. The van der Waals surface area contributed by atoms with E-state index in [9.17, 15) is 0 Å². The summed E-state index contributed by atoms with van der Waals surface area (Å²) < 4.78 is 5.38. The zero-order chi connectivity index (χ0) is 13.2. The monoisotopic (exact) mass is 251 g/mol.